The van der Waals surface area contributed by atoms with Gasteiger partial charge in [-0.2, -0.15) is 4.68 Å². The van der Waals surface area contributed by atoms with Gasteiger partial charge in [-0.25, -0.2) is 4.79 Å². The molecule has 0 saturated carbocycles. The standard InChI is InChI=1S/C16H11BrF3N3O5/c1-8-6-9(28-16(18,19)20)2-3-10(8)21-13(24)7-23-15(25)27-14(22-23)11-4-5-12(17)26-11/h2-6H,7H2,1H3,(H,21,24). The van der Waals surface area contributed by atoms with Gasteiger partial charge in [-0.3, -0.25) is 4.79 Å². The highest BCUT2D eigenvalue weighted by atomic mass is 79.9. The molecule has 3 aromatic rings. The molecule has 12 heteroatoms. The van der Waals surface area contributed by atoms with Crippen molar-refractivity contribution in [3.8, 4) is 17.4 Å². The van der Waals surface area contributed by atoms with Crippen molar-refractivity contribution in [2.24, 2.45) is 0 Å². The Balaban J connectivity index is 1.69. The number of carbonyl (C=O) groups is 1. The lowest BCUT2D eigenvalue weighted by Crippen LogP contribution is -2.26. The number of carbonyl (C=O) groups excluding carboxylic acids is 1. The first kappa shape index (κ1) is 19.7. The van der Waals surface area contributed by atoms with Crippen molar-refractivity contribution in [3.05, 3.63) is 51.1 Å². The molecule has 2 aromatic heterocycles. The third kappa shape index (κ3) is 4.82. The van der Waals surface area contributed by atoms with Gasteiger partial charge in [0.05, 0.1) is 0 Å². The predicted octanol–water partition coefficient (Wildman–Crippen LogP) is 3.70. The highest BCUT2D eigenvalue weighted by Gasteiger charge is 2.31. The predicted molar refractivity (Wildman–Crippen MR) is 92.7 cm³/mol. The number of nitrogens with zero attached hydrogens (tertiary/aromatic N) is 2. The Labute approximate surface area is 163 Å². The molecule has 1 N–H and O–H groups in total. The molecule has 0 saturated heterocycles. The molecular weight excluding hydrogens is 451 g/mol. The summed E-state index contributed by atoms with van der Waals surface area (Å²) in [4.78, 5) is 24.0. The van der Waals surface area contributed by atoms with E-state index in [1.165, 1.54) is 19.1 Å². The third-order valence-electron chi connectivity index (χ3n) is 3.39. The smallest absolute Gasteiger partial charge is 0.444 e. The number of ether oxygens (including phenoxy) is 1. The van der Waals surface area contributed by atoms with Gasteiger partial charge in [-0.1, -0.05) is 0 Å². The summed E-state index contributed by atoms with van der Waals surface area (Å²) in [6.07, 6.45) is -4.81. The lowest BCUT2D eigenvalue weighted by molar-refractivity contribution is -0.274. The van der Waals surface area contributed by atoms with Crippen molar-refractivity contribution >= 4 is 27.5 Å². The van der Waals surface area contributed by atoms with Crippen molar-refractivity contribution in [2.75, 3.05) is 5.32 Å². The molecular formula is C16H11BrF3N3O5. The van der Waals surface area contributed by atoms with Crippen molar-refractivity contribution < 1.29 is 31.5 Å². The maximum absolute atomic E-state index is 12.2. The monoisotopic (exact) mass is 461 g/mol. The van der Waals surface area contributed by atoms with E-state index in [2.05, 4.69) is 31.1 Å². The van der Waals surface area contributed by atoms with Crippen LogP contribution in [0.4, 0.5) is 18.9 Å². The average molecular weight is 462 g/mol. The maximum Gasteiger partial charge on any atom is 0.573 e. The zero-order chi connectivity index (χ0) is 20.5. The zero-order valence-electron chi connectivity index (χ0n) is 14.0. The minimum Gasteiger partial charge on any atom is -0.444 e. The van der Waals surface area contributed by atoms with Gasteiger partial charge in [0.25, 0.3) is 5.89 Å². The van der Waals surface area contributed by atoms with Crippen LogP contribution in [-0.2, 0) is 11.3 Å². The fraction of sp³-hybridized carbons (Fsp3) is 0.188. The molecule has 148 valence electrons. The number of hydrogen-bond donors (Lipinski definition) is 1. The van der Waals surface area contributed by atoms with Crippen LogP contribution in [0.25, 0.3) is 11.7 Å². The molecule has 0 bridgehead atoms. The normalized spacial score (nSPS) is 11.5. The first-order valence-electron chi connectivity index (χ1n) is 7.60. The van der Waals surface area contributed by atoms with Gasteiger partial charge >= 0.3 is 12.1 Å². The van der Waals surface area contributed by atoms with E-state index in [1.807, 2.05) is 0 Å². The first-order chi connectivity index (χ1) is 13.1. The van der Waals surface area contributed by atoms with Crippen molar-refractivity contribution in [2.45, 2.75) is 19.8 Å². The van der Waals surface area contributed by atoms with Crippen LogP contribution in [0.1, 0.15) is 5.56 Å². The van der Waals surface area contributed by atoms with Gasteiger partial charge in [0.15, 0.2) is 10.4 Å². The van der Waals surface area contributed by atoms with Gasteiger partial charge in [-0.05, 0) is 58.7 Å². The Morgan fingerprint density at radius 3 is 2.64 bits per heavy atom. The SMILES string of the molecule is Cc1cc(OC(F)(F)F)ccc1NC(=O)Cn1nc(-c2ccc(Br)o2)oc1=O. The molecule has 3 rings (SSSR count). The van der Waals surface area contributed by atoms with E-state index in [-0.39, 0.29) is 17.3 Å². The van der Waals surface area contributed by atoms with E-state index in [1.54, 1.807) is 6.07 Å². The van der Waals surface area contributed by atoms with Gasteiger partial charge in [0.1, 0.15) is 12.3 Å². The van der Waals surface area contributed by atoms with Gasteiger partial charge in [-0.15, -0.1) is 18.3 Å². The number of benzene rings is 1. The zero-order valence-corrected chi connectivity index (χ0v) is 15.6. The van der Waals surface area contributed by atoms with Crippen LogP contribution >= 0.6 is 15.9 Å². The number of hydrogen-bond acceptors (Lipinski definition) is 6. The molecule has 0 unspecified atom stereocenters. The summed E-state index contributed by atoms with van der Waals surface area (Å²) in [6.45, 7) is 1.03. The maximum atomic E-state index is 12.2. The summed E-state index contributed by atoms with van der Waals surface area (Å²) in [5, 5.41) is 6.35. The van der Waals surface area contributed by atoms with Crippen LogP contribution in [0.15, 0.2) is 48.6 Å². The molecule has 28 heavy (non-hydrogen) atoms. The van der Waals surface area contributed by atoms with Crippen molar-refractivity contribution in [1.82, 2.24) is 9.78 Å². The Kier molecular flexibility index (Phi) is 5.31. The Bertz CT molecular complexity index is 1070. The highest BCUT2D eigenvalue weighted by Crippen LogP contribution is 2.27. The number of aromatic nitrogens is 2. The number of amides is 1. The number of aryl methyl sites for hydroxylation is 1. The van der Waals surface area contributed by atoms with Gasteiger partial charge in [0, 0.05) is 5.69 Å². The minimum atomic E-state index is -4.81. The molecule has 0 aliphatic heterocycles. The van der Waals surface area contributed by atoms with Crippen LogP contribution in [-0.4, -0.2) is 22.1 Å². The van der Waals surface area contributed by atoms with Crippen LogP contribution in [0, 0.1) is 6.92 Å². The number of rotatable bonds is 5. The van der Waals surface area contributed by atoms with Crippen LogP contribution < -0.4 is 15.8 Å². The van der Waals surface area contributed by atoms with Crippen molar-refractivity contribution in [3.63, 3.8) is 0 Å². The number of nitrogens with one attached hydrogen (secondary N) is 1. The summed E-state index contributed by atoms with van der Waals surface area (Å²) in [6, 6.07) is 6.54. The fourth-order valence-corrected chi connectivity index (χ4v) is 2.54. The Morgan fingerprint density at radius 1 is 1.29 bits per heavy atom. The lowest BCUT2D eigenvalue weighted by atomic mass is 10.2. The molecule has 0 aliphatic rings. The largest absolute Gasteiger partial charge is 0.573 e. The molecule has 0 aliphatic carbocycles. The Hall–Kier alpha value is -3.02. The van der Waals surface area contributed by atoms with E-state index < -0.39 is 30.3 Å². The quantitative estimate of drug-likeness (QED) is 0.621. The molecule has 0 radical (unpaired) electrons. The Morgan fingerprint density at radius 2 is 2.04 bits per heavy atom. The van der Waals surface area contributed by atoms with Crippen LogP contribution in [0.5, 0.6) is 5.75 Å². The van der Waals surface area contributed by atoms with Crippen molar-refractivity contribution in [1.29, 1.82) is 0 Å². The van der Waals surface area contributed by atoms with E-state index in [4.69, 9.17) is 8.83 Å². The van der Waals surface area contributed by atoms with E-state index in [0.29, 0.717) is 10.2 Å². The molecule has 0 atom stereocenters. The molecule has 8 nitrogen and oxygen atoms in total. The summed E-state index contributed by atoms with van der Waals surface area (Å²) >= 11 is 3.10. The summed E-state index contributed by atoms with van der Waals surface area (Å²) in [5.41, 5.74) is 0.593. The summed E-state index contributed by atoms with van der Waals surface area (Å²) in [5.74, 6) is -1.82. The van der Waals surface area contributed by atoms with Gasteiger partial charge < -0.3 is 18.9 Å². The minimum absolute atomic E-state index is 0.103. The average Bonchev–Trinajstić information content (AvgIpc) is 3.15. The highest BCUT2D eigenvalue weighted by molar-refractivity contribution is 9.10. The van der Waals surface area contributed by atoms with Crippen LogP contribution in [0.3, 0.4) is 0 Å². The van der Waals surface area contributed by atoms with E-state index in [0.717, 1.165) is 16.8 Å². The lowest BCUT2D eigenvalue weighted by Gasteiger charge is -2.12. The summed E-state index contributed by atoms with van der Waals surface area (Å²) in [7, 11) is 0. The van der Waals surface area contributed by atoms with Crippen LogP contribution in [0.2, 0.25) is 0 Å². The molecule has 2 heterocycles. The molecule has 1 aromatic carbocycles. The number of furan rings is 1. The molecule has 0 spiro atoms. The topological polar surface area (TPSA) is 99.5 Å². The van der Waals surface area contributed by atoms with E-state index >= 15 is 0 Å². The summed E-state index contributed by atoms with van der Waals surface area (Å²) < 4.78 is 51.9. The van der Waals surface area contributed by atoms with E-state index in [9.17, 15) is 22.8 Å². The molecule has 0 fully saturated rings. The van der Waals surface area contributed by atoms with Gasteiger partial charge in [0.2, 0.25) is 5.91 Å². The second kappa shape index (κ2) is 7.54. The first-order valence-corrected chi connectivity index (χ1v) is 8.40. The fourth-order valence-electron chi connectivity index (χ4n) is 2.23. The second-order valence-electron chi connectivity index (χ2n) is 5.51. The number of anilines is 1. The second-order valence-corrected chi connectivity index (χ2v) is 6.29. The number of halogens is 4. The molecule has 1 amide bonds. The third-order valence-corrected chi connectivity index (χ3v) is 3.82. The number of alkyl halides is 3.